The van der Waals surface area contributed by atoms with Crippen molar-refractivity contribution in [3.05, 3.63) is 115 Å². The summed E-state index contributed by atoms with van der Waals surface area (Å²) in [5, 5.41) is 0. The van der Waals surface area contributed by atoms with Gasteiger partial charge in [0.05, 0.1) is 22.6 Å². The summed E-state index contributed by atoms with van der Waals surface area (Å²) in [5.74, 6) is 0.884. The highest BCUT2D eigenvalue weighted by Gasteiger charge is 2.51. The second-order valence-electron chi connectivity index (χ2n) is 10.7. The molecule has 6 rings (SSSR count). The Balaban J connectivity index is 1.52. The summed E-state index contributed by atoms with van der Waals surface area (Å²) in [6.07, 6.45) is 0. The lowest BCUT2D eigenvalue weighted by Gasteiger charge is -2.32. The Morgan fingerprint density at radius 3 is 1.63 bits per heavy atom. The number of nitrogens with zero attached hydrogens (tertiary/aromatic N) is 2. The Bertz CT molecular complexity index is 1530. The van der Waals surface area contributed by atoms with Crippen LogP contribution in [0.25, 0.3) is 39.6 Å². The number of hydrogen-bond donors (Lipinski definition) is 0. The molecule has 5 heteroatoms. The lowest BCUT2D eigenvalue weighted by atomic mass is 9.79. The van der Waals surface area contributed by atoms with E-state index in [-0.39, 0.29) is 11.2 Å². The summed E-state index contributed by atoms with van der Waals surface area (Å²) in [4.78, 5) is 5.28. The highest BCUT2D eigenvalue weighted by atomic mass is 16.7. The van der Waals surface area contributed by atoms with Gasteiger partial charge in [0.25, 0.3) is 0 Å². The summed E-state index contributed by atoms with van der Waals surface area (Å²) in [7, 11) is -0.400. The van der Waals surface area contributed by atoms with Gasteiger partial charge in [0.15, 0.2) is 0 Å². The predicted octanol–water partition coefficient (Wildman–Crippen LogP) is 7.17. The molecule has 1 aromatic heterocycles. The molecule has 1 aliphatic rings. The minimum absolute atomic E-state index is 0.380. The van der Waals surface area contributed by atoms with Gasteiger partial charge in [-0.2, -0.15) is 0 Å². The Morgan fingerprint density at radius 1 is 0.579 bits per heavy atom. The predicted molar refractivity (Wildman–Crippen MR) is 156 cm³/mol. The molecule has 0 N–H and O–H groups in total. The number of rotatable bonds is 5. The van der Waals surface area contributed by atoms with Gasteiger partial charge in [-0.1, -0.05) is 103 Å². The van der Waals surface area contributed by atoms with Gasteiger partial charge in [-0.3, -0.25) is 4.57 Å². The highest BCUT2D eigenvalue weighted by Crippen LogP contribution is 2.39. The fourth-order valence-electron chi connectivity index (χ4n) is 4.87. The number of aromatic nitrogens is 2. The second-order valence-corrected chi connectivity index (χ2v) is 10.7. The maximum atomic E-state index is 6.28. The summed E-state index contributed by atoms with van der Waals surface area (Å²) in [6, 6.07) is 39.7. The van der Waals surface area contributed by atoms with Crippen molar-refractivity contribution in [3.8, 4) is 39.6 Å². The van der Waals surface area contributed by atoms with Gasteiger partial charge >= 0.3 is 7.12 Å². The molecular weight excluding hydrogens is 467 g/mol. The van der Waals surface area contributed by atoms with Crippen molar-refractivity contribution in [1.29, 1.82) is 0 Å². The van der Waals surface area contributed by atoms with Crippen LogP contribution >= 0.6 is 0 Å². The third-order valence-corrected chi connectivity index (χ3v) is 7.68. The Labute approximate surface area is 225 Å². The van der Waals surface area contributed by atoms with E-state index in [0.29, 0.717) is 0 Å². The van der Waals surface area contributed by atoms with Crippen LogP contribution < -0.4 is 5.46 Å². The Morgan fingerprint density at radius 2 is 1.08 bits per heavy atom. The fraction of sp³-hybridized carbons (Fsp3) is 0.182. The minimum atomic E-state index is -0.400. The van der Waals surface area contributed by atoms with Gasteiger partial charge in [-0.25, -0.2) is 4.98 Å². The second kappa shape index (κ2) is 9.43. The number of benzene rings is 4. The van der Waals surface area contributed by atoms with Crippen LogP contribution in [0.15, 0.2) is 115 Å². The molecule has 38 heavy (non-hydrogen) atoms. The third-order valence-electron chi connectivity index (χ3n) is 7.68. The van der Waals surface area contributed by atoms with Gasteiger partial charge in [-0.05, 0) is 45.3 Å². The lowest BCUT2D eigenvalue weighted by molar-refractivity contribution is 0.00578. The van der Waals surface area contributed by atoms with E-state index >= 15 is 0 Å². The van der Waals surface area contributed by atoms with Crippen LogP contribution in [0.2, 0.25) is 0 Å². The first-order chi connectivity index (χ1) is 18.3. The van der Waals surface area contributed by atoms with Crippen LogP contribution in [-0.2, 0) is 9.31 Å². The zero-order chi connectivity index (χ0) is 26.3. The maximum Gasteiger partial charge on any atom is 0.494 e. The van der Waals surface area contributed by atoms with Crippen molar-refractivity contribution in [2.75, 3.05) is 0 Å². The molecule has 1 aliphatic heterocycles. The molecule has 0 bridgehead atoms. The van der Waals surface area contributed by atoms with Gasteiger partial charge in [0.2, 0.25) is 0 Å². The van der Waals surface area contributed by atoms with E-state index in [1.807, 2.05) is 18.2 Å². The molecule has 0 unspecified atom stereocenters. The molecule has 0 radical (unpaired) electrons. The quantitative estimate of drug-likeness (QED) is 0.241. The van der Waals surface area contributed by atoms with Crippen LogP contribution in [0.4, 0.5) is 0 Å². The van der Waals surface area contributed by atoms with Gasteiger partial charge in [-0.15, -0.1) is 0 Å². The molecule has 4 aromatic carbocycles. The molecule has 0 amide bonds. The van der Waals surface area contributed by atoms with Crippen LogP contribution in [0, 0.1) is 0 Å². The van der Waals surface area contributed by atoms with Crippen molar-refractivity contribution in [3.63, 3.8) is 0 Å². The summed E-state index contributed by atoms with van der Waals surface area (Å²) in [5.41, 5.74) is 6.53. The van der Waals surface area contributed by atoms with Crippen LogP contribution in [-0.4, -0.2) is 27.9 Å². The topological polar surface area (TPSA) is 36.3 Å². The van der Waals surface area contributed by atoms with E-state index in [1.54, 1.807) is 0 Å². The summed E-state index contributed by atoms with van der Waals surface area (Å²) in [6.45, 7) is 8.31. The minimum Gasteiger partial charge on any atom is -0.399 e. The van der Waals surface area contributed by atoms with E-state index in [1.165, 1.54) is 0 Å². The first-order valence-electron chi connectivity index (χ1n) is 13.1. The van der Waals surface area contributed by atoms with Crippen LogP contribution in [0.3, 0.4) is 0 Å². The van der Waals surface area contributed by atoms with Crippen molar-refractivity contribution in [2.24, 2.45) is 0 Å². The Hall–Kier alpha value is -3.93. The summed E-state index contributed by atoms with van der Waals surface area (Å²) < 4.78 is 14.8. The van der Waals surface area contributed by atoms with E-state index in [2.05, 4.69) is 129 Å². The molecule has 1 fully saturated rings. The molecule has 0 saturated carbocycles. The summed E-state index contributed by atoms with van der Waals surface area (Å²) >= 11 is 0. The average Bonchev–Trinajstić information content (AvgIpc) is 3.44. The van der Waals surface area contributed by atoms with Crippen LogP contribution in [0.5, 0.6) is 0 Å². The molecule has 0 atom stereocenters. The lowest BCUT2D eigenvalue weighted by Crippen LogP contribution is -2.41. The first-order valence-corrected chi connectivity index (χ1v) is 13.1. The fourth-order valence-corrected chi connectivity index (χ4v) is 4.87. The Kier molecular flexibility index (Phi) is 6.06. The number of para-hydroxylation sites is 1. The normalized spacial score (nSPS) is 16.1. The molecule has 5 aromatic rings. The first kappa shape index (κ1) is 24.4. The molecular formula is C33H31BN2O2. The molecule has 4 nitrogen and oxygen atoms in total. The maximum absolute atomic E-state index is 6.28. The standard InChI is InChI=1S/C33H31BN2O2/c1-32(2)33(3,4)38-34(37-32)27-22-20-26(21-23-27)31-35-29(24-14-8-5-9-15-24)30(25-16-10-6-11-17-25)36(31)28-18-12-7-13-19-28/h5-23H,1-4H3. The molecule has 2 heterocycles. The SMILES string of the molecule is CC1(C)OB(c2ccc(-c3nc(-c4ccccc4)c(-c4ccccc4)n3-c3ccccc3)cc2)OC1(C)C. The van der Waals surface area contributed by atoms with Crippen molar-refractivity contribution in [1.82, 2.24) is 9.55 Å². The van der Waals surface area contributed by atoms with Crippen molar-refractivity contribution in [2.45, 2.75) is 38.9 Å². The average molecular weight is 498 g/mol. The highest BCUT2D eigenvalue weighted by molar-refractivity contribution is 6.62. The smallest absolute Gasteiger partial charge is 0.399 e. The van der Waals surface area contributed by atoms with Gasteiger partial charge < -0.3 is 9.31 Å². The monoisotopic (exact) mass is 498 g/mol. The zero-order valence-corrected chi connectivity index (χ0v) is 22.3. The van der Waals surface area contributed by atoms with E-state index in [9.17, 15) is 0 Å². The molecule has 188 valence electrons. The van der Waals surface area contributed by atoms with Crippen molar-refractivity contribution >= 4 is 12.6 Å². The van der Waals surface area contributed by atoms with Gasteiger partial charge in [0, 0.05) is 22.4 Å². The zero-order valence-electron chi connectivity index (χ0n) is 22.3. The molecule has 0 aliphatic carbocycles. The largest absolute Gasteiger partial charge is 0.494 e. The van der Waals surface area contributed by atoms with E-state index in [4.69, 9.17) is 14.3 Å². The molecule has 1 saturated heterocycles. The van der Waals surface area contributed by atoms with Gasteiger partial charge in [0.1, 0.15) is 5.82 Å². The van der Waals surface area contributed by atoms with E-state index < -0.39 is 7.12 Å². The molecule has 0 spiro atoms. The van der Waals surface area contributed by atoms with Crippen LogP contribution in [0.1, 0.15) is 27.7 Å². The number of hydrogen-bond acceptors (Lipinski definition) is 3. The van der Waals surface area contributed by atoms with E-state index in [0.717, 1.165) is 45.1 Å². The van der Waals surface area contributed by atoms with Crippen molar-refractivity contribution < 1.29 is 9.31 Å². The number of imidazole rings is 1. The third kappa shape index (κ3) is 4.28.